The predicted molar refractivity (Wildman–Crippen MR) is 83.0 cm³/mol. The SMILES string of the molecule is CC(C)C1(CC#N)CCC(NCc2cccc(F)c2)CC1. The van der Waals surface area contributed by atoms with E-state index in [9.17, 15) is 4.39 Å². The van der Waals surface area contributed by atoms with E-state index >= 15 is 0 Å². The fourth-order valence-corrected chi connectivity index (χ4v) is 3.42. The first-order chi connectivity index (χ1) is 10.1. The van der Waals surface area contributed by atoms with Crippen molar-refractivity contribution in [3.63, 3.8) is 0 Å². The van der Waals surface area contributed by atoms with Gasteiger partial charge in [0.15, 0.2) is 0 Å². The summed E-state index contributed by atoms with van der Waals surface area (Å²) in [6.45, 7) is 5.19. The molecule has 0 aliphatic heterocycles. The van der Waals surface area contributed by atoms with E-state index in [0.29, 0.717) is 18.4 Å². The van der Waals surface area contributed by atoms with Crippen LogP contribution in [0.5, 0.6) is 0 Å². The normalized spacial score (nSPS) is 25.8. The fourth-order valence-electron chi connectivity index (χ4n) is 3.42. The van der Waals surface area contributed by atoms with Crippen molar-refractivity contribution in [1.29, 1.82) is 5.26 Å². The average Bonchev–Trinajstić information content (AvgIpc) is 2.47. The van der Waals surface area contributed by atoms with Crippen LogP contribution in [-0.2, 0) is 6.54 Å². The number of nitrogens with zero attached hydrogens (tertiary/aromatic N) is 1. The zero-order chi connectivity index (χ0) is 15.3. The Morgan fingerprint density at radius 1 is 1.38 bits per heavy atom. The second kappa shape index (κ2) is 7.04. The average molecular weight is 288 g/mol. The Kier molecular flexibility index (Phi) is 5.36. The van der Waals surface area contributed by atoms with E-state index in [1.165, 1.54) is 6.07 Å². The summed E-state index contributed by atoms with van der Waals surface area (Å²) in [6.07, 6.45) is 5.10. The van der Waals surface area contributed by atoms with Gasteiger partial charge in [0.05, 0.1) is 6.07 Å². The molecule has 114 valence electrons. The topological polar surface area (TPSA) is 35.8 Å². The van der Waals surface area contributed by atoms with Crippen molar-refractivity contribution in [1.82, 2.24) is 5.32 Å². The number of nitrogens with one attached hydrogen (secondary N) is 1. The molecule has 0 saturated heterocycles. The van der Waals surface area contributed by atoms with Crippen LogP contribution in [0.1, 0.15) is 51.5 Å². The molecule has 1 aliphatic rings. The molecule has 1 aromatic carbocycles. The van der Waals surface area contributed by atoms with Gasteiger partial charge in [0.1, 0.15) is 5.82 Å². The first-order valence-electron chi connectivity index (χ1n) is 7.90. The van der Waals surface area contributed by atoms with Crippen LogP contribution in [0.3, 0.4) is 0 Å². The van der Waals surface area contributed by atoms with Crippen molar-refractivity contribution in [2.45, 2.75) is 58.5 Å². The molecule has 0 atom stereocenters. The van der Waals surface area contributed by atoms with Gasteiger partial charge in [-0.3, -0.25) is 0 Å². The van der Waals surface area contributed by atoms with Gasteiger partial charge in [0.2, 0.25) is 0 Å². The summed E-state index contributed by atoms with van der Waals surface area (Å²) in [5, 5.41) is 12.6. The minimum Gasteiger partial charge on any atom is -0.310 e. The predicted octanol–water partition coefficient (Wildman–Crippen LogP) is 4.41. The second-order valence-electron chi connectivity index (χ2n) is 6.64. The van der Waals surface area contributed by atoms with Gasteiger partial charge in [-0.05, 0) is 54.7 Å². The van der Waals surface area contributed by atoms with Crippen LogP contribution >= 0.6 is 0 Å². The standard InChI is InChI=1S/C18H25FN2/c1-14(2)18(10-11-20)8-6-17(7-9-18)21-13-15-4-3-5-16(19)12-15/h3-5,12,14,17,21H,6-10,13H2,1-2H3. The lowest BCUT2D eigenvalue weighted by atomic mass is 9.64. The van der Waals surface area contributed by atoms with Crippen LogP contribution in [0, 0.1) is 28.5 Å². The Hall–Kier alpha value is -1.40. The maximum Gasteiger partial charge on any atom is 0.123 e. The lowest BCUT2D eigenvalue weighted by Gasteiger charge is -2.42. The number of hydrogen-bond donors (Lipinski definition) is 1. The summed E-state index contributed by atoms with van der Waals surface area (Å²) in [6, 6.07) is 9.63. The molecular weight excluding hydrogens is 263 g/mol. The minimum absolute atomic E-state index is 0.175. The zero-order valence-electron chi connectivity index (χ0n) is 13.0. The summed E-state index contributed by atoms with van der Waals surface area (Å²) in [4.78, 5) is 0. The highest BCUT2D eigenvalue weighted by Crippen LogP contribution is 2.45. The maximum absolute atomic E-state index is 13.1. The van der Waals surface area contributed by atoms with Gasteiger partial charge in [-0.2, -0.15) is 5.26 Å². The van der Waals surface area contributed by atoms with E-state index < -0.39 is 0 Å². The molecule has 21 heavy (non-hydrogen) atoms. The van der Waals surface area contributed by atoms with Crippen molar-refractivity contribution in [3.8, 4) is 6.07 Å². The summed E-state index contributed by atoms with van der Waals surface area (Å²) >= 11 is 0. The van der Waals surface area contributed by atoms with E-state index in [0.717, 1.165) is 37.8 Å². The molecule has 0 amide bonds. The summed E-state index contributed by atoms with van der Waals surface area (Å²) < 4.78 is 13.1. The van der Waals surface area contributed by atoms with Gasteiger partial charge in [0.25, 0.3) is 0 Å². The van der Waals surface area contributed by atoms with Gasteiger partial charge in [0, 0.05) is 19.0 Å². The molecule has 2 nitrogen and oxygen atoms in total. The number of benzene rings is 1. The Bertz CT molecular complexity index is 496. The fraction of sp³-hybridized carbons (Fsp3) is 0.611. The molecule has 0 unspecified atom stereocenters. The molecule has 0 heterocycles. The summed E-state index contributed by atoms with van der Waals surface area (Å²) in [5.74, 6) is 0.382. The number of nitriles is 1. The third kappa shape index (κ3) is 4.04. The van der Waals surface area contributed by atoms with E-state index in [1.807, 2.05) is 6.07 Å². The van der Waals surface area contributed by atoms with Crippen LogP contribution in [0.2, 0.25) is 0 Å². The van der Waals surface area contributed by atoms with Gasteiger partial charge < -0.3 is 5.32 Å². The van der Waals surface area contributed by atoms with E-state index in [1.54, 1.807) is 12.1 Å². The van der Waals surface area contributed by atoms with Gasteiger partial charge in [-0.1, -0.05) is 26.0 Å². The van der Waals surface area contributed by atoms with E-state index in [-0.39, 0.29) is 11.2 Å². The molecular formula is C18H25FN2. The smallest absolute Gasteiger partial charge is 0.123 e. The molecule has 1 aliphatic carbocycles. The van der Waals surface area contributed by atoms with Gasteiger partial charge >= 0.3 is 0 Å². The summed E-state index contributed by atoms with van der Waals surface area (Å²) in [5.41, 5.74) is 1.19. The van der Waals surface area contributed by atoms with Crippen LogP contribution in [0.4, 0.5) is 4.39 Å². The Morgan fingerprint density at radius 2 is 2.10 bits per heavy atom. The molecule has 0 radical (unpaired) electrons. The first-order valence-corrected chi connectivity index (χ1v) is 7.90. The summed E-state index contributed by atoms with van der Waals surface area (Å²) in [7, 11) is 0. The van der Waals surface area contributed by atoms with E-state index in [4.69, 9.17) is 5.26 Å². The Morgan fingerprint density at radius 3 is 2.67 bits per heavy atom. The molecule has 3 heteroatoms. The molecule has 2 rings (SSSR count). The molecule has 0 aromatic heterocycles. The molecule has 1 N–H and O–H groups in total. The lowest BCUT2D eigenvalue weighted by Crippen LogP contribution is -2.39. The molecule has 1 saturated carbocycles. The minimum atomic E-state index is -0.175. The third-order valence-corrected chi connectivity index (χ3v) is 5.12. The molecule has 0 bridgehead atoms. The molecule has 0 spiro atoms. The number of hydrogen-bond acceptors (Lipinski definition) is 2. The van der Waals surface area contributed by atoms with Crippen LogP contribution in [0.25, 0.3) is 0 Å². The van der Waals surface area contributed by atoms with E-state index in [2.05, 4.69) is 25.2 Å². The van der Waals surface area contributed by atoms with Gasteiger partial charge in [-0.15, -0.1) is 0 Å². The van der Waals surface area contributed by atoms with Gasteiger partial charge in [-0.25, -0.2) is 4.39 Å². The van der Waals surface area contributed by atoms with Crippen LogP contribution < -0.4 is 5.32 Å². The van der Waals surface area contributed by atoms with Crippen molar-refractivity contribution < 1.29 is 4.39 Å². The lowest BCUT2D eigenvalue weighted by molar-refractivity contribution is 0.105. The Balaban J connectivity index is 1.85. The van der Waals surface area contributed by atoms with Crippen molar-refractivity contribution in [3.05, 3.63) is 35.6 Å². The highest BCUT2D eigenvalue weighted by atomic mass is 19.1. The number of halogens is 1. The zero-order valence-corrected chi connectivity index (χ0v) is 13.0. The largest absolute Gasteiger partial charge is 0.310 e. The van der Waals surface area contributed by atoms with Crippen molar-refractivity contribution in [2.24, 2.45) is 11.3 Å². The monoisotopic (exact) mass is 288 g/mol. The highest BCUT2D eigenvalue weighted by molar-refractivity contribution is 5.16. The maximum atomic E-state index is 13.1. The van der Waals surface area contributed by atoms with Crippen LogP contribution in [-0.4, -0.2) is 6.04 Å². The molecule has 1 aromatic rings. The Labute approximate surface area is 127 Å². The number of rotatable bonds is 5. The quantitative estimate of drug-likeness (QED) is 0.871. The van der Waals surface area contributed by atoms with Crippen molar-refractivity contribution in [2.75, 3.05) is 0 Å². The third-order valence-electron chi connectivity index (χ3n) is 5.12. The van der Waals surface area contributed by atoms with Crippen LogP contribution in [0.15, 0.2) is 24.3 Å². The van der Waals surface area contributed by atoms with Crippen molar-refractivity contribution >= 4 is 0 Å². The second-order valence-corrected chi connectivity index (χ2v) is 6.64. The molecule has 1 fully saturated rings. The first kappa shape index (κ1) is 16.0. The highest BCUT2D eigenvalue weighted by Gasteiger charge is 2.37.